The summed E-state index contributed by atoms with van der Waals surface area (Å²) < 4.78 is 23.2. The quantitative estimate of drug-likeness (QED) is 0.927. The first-order valence-corrected chi connectivity index (χ1v) is 8.45. The maximum atomic E-state index is 10.1. The molecule has 3 rings (SSSR count). The Morgan fingerprint density at radius 3 is 2.61 bits per heavy atom. The third kappa shape index (κ3) is 3.86. The van der Waals surface area contributed by atoms with E-state index in [1.54, 1.807) is 7.11 Å². The van der Waals surface area contributed by atoms with Crippen molar-refractivity contribution in [1.29, 1.82) is 0 Å². The highest BCUT2D eigenvalue weighted by Crippen LogP contribution is 2.33. The molecule has 2 saturated heterocycles. The molecule has 2 fully saturated rings. The Morgan fingerprint density at radius 1 is 1.13 bits per heavy atom. The monoisotopic (exact) mass is 322 g/mol. The Labute approximate surface area is 137 Å². The molecule has 0 aliphatic carbocycles. The van der Waals surface area contributed by atoms with Gasteiger partial charge >= 0.3 is 0 Å². The highest BCUT2D eigenvalue weighted by molar-refractivity contribution is 5.28. The first-order chi connectivity index (χ1) is 11.2. The number of rotatable bonds is 3. The lowest BCUT2D eigenvalue weighted by Gasteiger charge is -2.40. The summed E-state index contributed by atoms with van der Waals surface area (Å²) in [6, 6.07) is 7.75. The zero-order valence-corrected chi connectivity index (χ0v) is 13.8. The van der Waals surface area contributed by atoms with Crippen LogP contribution < -0.4 is 4.74 Å². The molecule has 0 saturated carbocycles. The van der Waals surface area contributed by atoms with Gasteiger partial charge in [-0.05, 0) is 37.8 Å². The minimum atomic E-state index is -0.389. The summed E-state index contributed by atoms with van der Waals surface area (Å²) in [5.41, 5.74) is 0.985. The maximum absolute atomic E-state index is 10.1. The second-order valence-corrected chi connectivity index (χ2v) is 6.23. The molecule has 2 aliphatic rings. The van der Waals surface area contributed by atoms with E-state index in [1.807, 2.05) is 31.2 Å². The van der Waals surface area contributed by atoms with Crippen LogP contribution in [0.5, 0.6) is 5.75 Å². The topological polar surface area (TPSA) is 57.2 Å². The molecule has 2 aliphatic heterocycles. The Morgan fingerprint density at radius 2 is 1.91 bits per heavy atom. The Balaban J connectivity index is 1.67. The van der Waals surface area contributed by atoms with Crippen LogP contribution in [0.4, 0.5) is 0 Å². The second kappa shape index (κ2) is 7.62. The predicted molar refractivity (Wildman–Crippen MR) is 85.4 cm³/mol. The molecule has 1 aromatic carbocycles. The van der Waals surface area contributed by atoms with Crippen molar-refractivity contribution in [3.8, 4) is 5.75 Å². The largest absolute Gasteiger partial charge is 0.497 e. The minimum Gasteiger partial charge on any atom is -0.497 e. The van der Waals surface area contributed by atoms with Gasteiger partial charge in [-0.1, -0.05) is 19.1 Å². The molecule has 2 heterocycles. The Hall–Kier alpha value is -1.14. The molecular formula is C18H26O5. The molecule has 5 nitrogen and oxygen atoms in total. The van der Waals surface area contributed by atoms with Gasteiger partial charge in [0.25, 0.3) is 0 Å². The number of benzene rings is 1. The maximum Gasteiger partial charge on any atom is 0.184 e. The summed E-state index contributed by atoms with van der Waals surface area (Å²) in [7, 11) is 1.65. The molecule has 23 heavy (non-hydrogen) atoms. The van der Waals surface area contributed by atoms with Crippen LogP contribution >= 0.6 is 0 Å². The molecule has 5 atom stereocenters. The van der Waals surface area contributed by atoms with Gasteiger partial charge in [0.15, 0.2) is 6.29 Å². The highest BCUT2D eigenvalue weighted by Gasteiger charge is 2.37. The van der Waals surface area contributed by atoms with Crippen molar-refractivity contribution in [2.45, 2.75) is 63.3 Å². The summed E-state index contributed by atoms with van der Waals surface area (Å²) in [6.07, 6.45) is 2.40. The lowest BCUT2D eigenvalue weighted by atomic mass is 9.97. The highest BCUT2D eigenvalue weighted by atomic mass is 16.7. The summed E-state index contributed by atoms with van der Waals surface area (Å²) in [5.74, 6) is 0.816. The van der Waals surface area contributed by atoms with Crippen LogP contribution in [0.15, 0.2) is 24.3 Å². The lowest BCUT2D eigenvalue weighted by Crippen LogP contribution is -2.47. The van der Waals surface area contributed by atoms with E-state index in [0.29, 0.717) is 6.61 Å². The minimum absolute atomic E-state index is 0.0115. The number of methoxy groups -OCH3 is 1. The molecule has 0 amide bonds. The summed E-state index contributed by atoms with van der Waals surface area (Å²) in [4.78, 5) is 0. The molecule has 1 N–H and O–H groups in total. The zero-order valence-electron chi connectivity index (χ0n) is 13.8. The van der Waals surface area contributed by atoms with Crippen molar-refractivity contribution >= 4 is 0 Å². The average Bonchev–Trinajstić information content (AvgIpc) is 2.58. The van der Waals surface area contributed by atoms with Gasteiger partial charge in [-0.2, -0.15) is 0 Å². The van der Waals surface area contributed by atoms with E-state index in [4.69, 9.17) is 18.9 Å². The lowest BCUT2D eigenvalue weighted by molar-refractivity contribution is -0.282. The first-order valence-electron chi connectivity index (χ1n) is 8.45. The number of hydrogen-bond donors (Lipinski definition) is 1. The fraction of sp³-hybridized carbons (Fsp3) is 0.667. The molecular weight excluding hydrogens is 296 g/mol. The number of aliphatic hydroxyl groups excluding tert-OH is 1. The average molecular weight is 322 g/mol. The van der Waals surface area contributed by atoms with Crippen molar-refractivity contribution in [3.05, 3.63) is 29.8 Å². The van der Waals surface area contributed by atoms with Crippen molar-refractivity contribution in [3.63, 3.8) is 0 Å². The van der Waals surface area contributed by atoms with E-state index in [9.17, 15) is 5.11 Å². The van der Waals surface area contributed by atoms with Gasteiger partial charge in [-0.15, -0.1) is 0 Å². The number of fused-ring (bicyclic) bond motifs is 1. The normalized spacial score (nSPS) is 35.0. The summed E-state index contributed by atoms with van der Waals surface area (Å²) in [5, 5.41) is 10.1. The third-order valence-electron chi connectivity index (χ3n) is 4.68. The fourth-order valence-corrected chi connectivity index (χ4v) is 3.29. The SMILES string of the molecule is CC[C@@H]1OC2CO[C@@H](c3ccc(OC)cc3)OC2CCC[C@H]1O. The van der Waals surface area contributed by atoms with Crippen LogP contribution in [0.3, 0.4) is 0 Å². The fourth-order valence-electron chi connectivity index (χ4n) is 3.29. The molecule has 0 aromatic heterocycles. The number of ether oxygens (including phenoxy) is 4. The van der Waals surface area contributed by atoms with Crippen LogP contribution in [0, 0.1) is 0 Å². The van der Waals surface area contributed by atoms with E-state index in [2.05, 4.69) is 0 Å². The van der Waals surface area contributed by atoms with E-state index in [0.717, 1.165) is 37.0 Å². The van der Waals surface area contributed by atoms with Gasteiger partial charge in [-0.3, -0.25) is 0 Å². The molecule has 0 bridgehead atoms. The molecule has 128 valence electrons. The third-order valence-corrected chi connectivity index (χ3v) is 4.68. The van der Waals surface area contributed by atoms with Crippen molar-refractivity contribution in [2.75, 3.05) is 13.7 Å². The van der Waals surface area contributed by atoms with Crippen LogP contribution in [0.1, 0.15) is 44.5 Å². The second-order valence-electron chi connectivity index (χ2n) is 6.23. The molecule has 2 unspecified atom stereocenters. The van der Waals surface area contributed by atoms with Crippen LogP contribution in [0.2, 0.25) is 0 Å². The van der Waals surface area contributed by atoms with Crippen LogP contribution in [0.25, 0.3) is 0 Å². The van der Waals surface area contributed by atoms with Gasteiger partial charge in [0.2, 0.25) is 0 Å². The zero-order chi connectivity index (χ0) is 16.2. The van der Waals surface area contributed by atoms with Crippen molar-refractivity contribution in [2.24, 2.45) is 0 Å². The number of aliphatic hydroxyl groups is 1. The van der Waals surface area contributed by atoms with Crippen molar-refractivity contribution < 1.29 is 24.1 Å². The summed E-state index contributed by atoms with van der Waals surface area (Å²) >= 11 is 0. The van der Waals surface area contributed by atoms with E-state index in [1.165, 1.54) is 0 Å². The van der Waals surface area contributed by atoms with Gasteiger partial charge in [0, 0.05) is 5.56 Å². The van der Waals surface area contributed by atoms with E-state index >= 15 is 0 Å². The van der Waals surface area contributed by atoms with E-state index in [-0.39, 0.29) is 30.7 Å². The standard InChI is InChI=1S/C18H26O5/c1-3-15-14(19)5-4-6-16-17(22-15)11-21-18(23-16)12-7-9-13(20-2)10-8-12/h7-10,14-19H,3-6,11H2,1-2H3/t14-,15+,16?,17?,18-/m1/s1. The smallest absolute Gasteiger partial charge is 0.184 e. The summed E-state index contributed by atoms with van der Waals surface area (Å²) in [6.45, 7) is 2.53. The first kappa shape index (κ1) is 16.7. The molecule has 5 heteroatoms. The van der Waals surface area contributed by atoms with E-state index < -0.39 is 0 Å². The van der Waals surface area contributed by atoms with Gasteiger partial charge in [-0.25, -0.2) is 0 Å². The molecule has 0 radical (unpaired) electrons. The van der Waals surface area contributed by atoms with Gasteiger partial charge in [0.1, 0.15) is 11.9 Å². The van der Waals surface area contributed by atoms with Crippen LogP contribution in [-0.4, -0.2) is 43.2 Å². The van der Waals surface area contributed by atoms with Gasteiger partial charge in [0.05, 0.1) is 32.0 Å². The Kier molecular flexibility index (Phi) is 5.54. The molecule has 1 aromatic rings. The van der Waals surface area contributed by atoms with Crippen molar-refractivity contribution in [1.82, 2.24) is 0 Å². The number of hydrogen-bond acceptors (Lipinski definition) is 5. The predicted octanol–water partition coefficient (Wildman–Crippen LogP) is 2.82. The Bertz CT molecular complexity index is 489. The molecule has 0 spiro atoms. The van der Waals surface area contributed by atoms with Gasteiger partial charge < -0.3 is 24.1 Å². The van der Waals surface area contributed by atoms with Crippen LogP contribution in [-0.2, 0) is 14.2 Å².